The zero-order valence-corrected chi connectivity index (χ0v) is 18.1. The van der Waals surface area contributed by atoms with Crippen LogP contribution >= 0.6 is 0 Å². The Labute approximate surface area is 156 Å². The van der Waals surface area contributed by atoms with Gasteiger partial charge in [0.15, 0.2) is 0 Å². The first-order valence-electron chi connectivity index (χ1n) is 10.2. The van der Waals surface area contributed by atoms with Gasteiger partial charge in [0.2, 0.25) is 0 Å². The first-order valence-corrected chi connectivity index (χ1v) is 11.8. The Kier molecular flexibility index (Phi) is 15.5. The molecule has 0 aromatic carbocycles. The number of unbranched alkanes of at least 4 members (excludes halogenated alkanes) is 7. The Balaban J connectivity index is 4.15. The molecule has 0 aromatic rings. The van der Waals surface area contributed by atoms with Crippen LogP contribution in [0.25, 0.3) is 0 Å². The molecule has 0 heterocycles. The van der Waals surface area contributed by atoms with Crippen molar-refractivity contribution in [3.05, 3.63) is 0 Å². The van der Waals surface area contributed by atoms with Gasteiger partial charge in [-0.05, 0) is 27.2 Å². The molecule has 0 saturated heterocycles. The van der Waals surface area contributed by atoms with E-state index in [1.165, 1.54) is 44.9 Å². The molecule has 0 bridgehead atoms. The molecule has 1 atom stereocenters. The second-order valence-corrected chi connectivity index (χ2v) is 8.45. The molecule has 5 nitrogen and oxygen atoms in total. The smallest absolute Gasteiger partial charge is 0.452 e. The van der Waals surface area contributed by atoms with Crippen molar-refractivity contribution in [3.8, 4) is 0 Å². The van der Waals surface area contributed by atoms with Gasteiger partial charge in [-0.15, -0.1) is 0 Å². The Morgan fingerprint density at radius 1 is 0.760 bits per heavy atom. The number of carbonyl (C=O) groups excluding carboxylic acids is 1. The van der Waals surface area contributed by atoms with Crippen LogP contribution in [0.3, 0.4) is 0 Å². The summed E-state index contributed by atoms with van der Waals surface area (Å²) in [5, 5.41) is 0. The first-order chi connectivity index (χ1) is 12.0. The summed E-state index contributed by atoms with van der Waals surface area (Å²) in [6, 6.07) is 0. The summed E-state index contributed by atoms with van der Waals surface area (Å²) in [7, 11) is -3.34. The topological polar surface area (TPSA) is 54.0 Å². The fourth-order valence-electron chi connectivity index (χ4n) is 2.67. The zero-order valence-electron chi connectivity index (χ0n) is 17.1. The second kappa shape index (κ2) is 15.8. The monoisotopic (exact) mass is 376 g/mol. The van der Waals surface area contributed by atoms with Gasteiger partial charge >= 0.3 is 9.05 Å². The van der Waals surface area contributed by atoms with E-state index in [0.717, 1.165) is 12.8 Å². The molecule has 0 N–H and O–H groups in total. The van der Waals surface area contributed by atoms with E-state index in [9.17, 15) is 4.79 Å². The minimum absolute atomic E-state index is 0.159. The highest BCUT2D eigenvalue weighted by molar-refractivity contribution is 6.55. The van der Waals surface area contributed by atoms with Crippen LogP contribution in [0.15, 0.2) is 0 Å². The van der Waals surface area contributed by atoms with Crippen molar-refractivity contribution < 1.29 is 22.5 Å². The zero-order chi connectivity index (χ0) is 19.0. The van der Waals surface area contributed by atoms with Crippen molar-refractivity contribution in [1.29, 1.82) is 0 Å². The lowest BCUT2D eigenvalue weighted by Gasteiger charge is -2.27. The molecular formula is C19H40O5Si. The van der Waals surface area contributed by atoms with Crippen LogP contribution in [0.4, 0.5) is 0 Å². The van der Waals surface area contributed by atoms with Crippen LogP contribution in [0, 0.1) is 5.92 Å². The van der Waals surface area contributed by atoms with Crippen LogP contribution in [-0.4, -0.2) is 34.8 Å². The fourth-order valence-corrected chi connectivity index (χ4v) is 4.60. The van der Waals surface area contributed by atoms with Crippen LogP contribution in [-0.2, 0) is 22.5 Å². The van der Waals surface area contributed by atoms with Gasteiger partial charge in [-0.3, -0.25) is 4.79 Å². The summed E-state index contributed by atoms with van der Waals surface area (Å²) in [6.45, 7) is 10.9. The van der Waals surface area contributed by atoms with Gasteiger partial charge in [0, 0.05) is 19.8 Å². The molecule has 0 aliphatic rings. The summed E-state index contributed by atoms with van der Waals surface area (Å²) in [5.74, 6) is -0.432. The lowest BCUT2D eigenvalue weighted by Crippen LogP contribution is -2.51. The molecule has 0 amide bonds. The molecule has 0 aromatic heterocycles. The fraction of sp³-hybridized carbons (Fsp3) is 0.947. The number of carbonyl (C=O) groups is 1. The maximum Gasteiger partial charge on any atom is 0.751 e. The lowest BCUT2D eigenvalue weighted by molar-refractivity contribution is -0.149. The van der Waals surface area contributed by atoms with E-state index in [2.05, 4.69) is 6.92 Å². The van der Waals surface area contributed by atoms with Crippen molar-refractivity contribution in [2.75, 3.05) is 19.8 Å². The lowest BCUT2D eigenvalue weighted by atomic mass is 10.0. The van der Waals surface area contributed by atoms with Crippen molar-refractivity contribution in [2.45, 2.75) is 92.4 Å². The number of hydrogen-bond donors (Lipinski definition) is 0. The van der Waals surface area contributed by atoms with Crippen molar-refractivity contribution in [1.82, 2.24) is 0 Å². The van der Waals surface area contributed by atoms with Gasteiger partial charge in [0.1, 0.15) is 0 Å². The molecule has 0 aliphatic heterocycles. The van der Waals surface area contributed by atoms with E-state index < -0.39 is 9.05 Å². The minimum atomic E-state index is -3.34. The molecule has 25 heavy (non-hydrogen) atoms. The summed E-state index contributed by atoms with van der Waals surface area (Å²) in [4.78, 5) is 12.4. The van der Waals surface area contributed by atoms with Crippen LogP contribution < -0.4 is 0 Å². The van der Waals surface area contributed by atoms with E-state index in [1.54, 1.807) is 0 Å². The highest BCUT2D eigenvalue weighted by Gasteiger charge is 2.49. The summed E-state index contributed by atoms with van der Waals surface area (Å²) >= 11 is 0. The van der Waals surface area contributed by atoms with Gasteiger partial charge in [-0.1, -0.05) is 65.2 Å². The van der Waals surface area contributed by atoms with Crippen LogP contribution in [0.5, 0.6) is 0 Å². The van der Waals surface area contributed by atoms with E-state index in [-0.39, 0.29) is 11.9 Å². The second-order valence-electron chi connectivity index (χ2n) is 6.38. The van der Waals surface area contributed by atoms with E-state index in [4.69, 9.17) is 17.7 Å². The summed E-state index contributed by atoms with van der Waals surface area (Å²) < 4.78 is 22.3. The molecule has 0 saturated carbocycles. The molecule has 150 valence electrons. The normalized spacial score (nSPS) is 13.0. The van der Waals surface area contributed by atoms with Gasteiger partial charge < -0.3 is 17.7 Å². The Morgan fingerprint density at radius 3 is 1.64 bits per heavy atom. The van der Waals surface area contributed by atoms with E-state index >= 15 is 0 Å². The van der Waals surface area contributed by atoms with Crippen molar-refractivity contribution in [2.24, 2.45) is 5.92 Å². The molecule has 0 aliphatic carbocycles. The highest BCUT2D eigenvalue weighted by Crippen LogP contribution is 2.18. The van der Waals surface area contributed by atoms with Crippen LogP contribution in [0.2, 0.25) is 0 Å². The number of hydrogen-bond acceptors (Lipinski definition) is 5. The van der Waals surface area contributed by atoms with Crippen molar-refractivity contribution in [3.63, 3.8) is 0 Å². The summed E-state index contributed by atoms with van der Waals surface area (Å²) in [5.41, 5.74) is 0. The quantitative estimate of drug-likeness (QED) is 0.257. The molecular weight excluding hydrogens is 336 g/mol. The average molecular weight is 377 g/mol. The minimum Gasteiger partial charge on any atom is -0.452 e. The molecule has 1 unspecified atom stereocenters. The first kappa shape index (κ1) is 24.6. The van der Waals surface area contributed by atoms with Crippen molar-refractivity contribution >= 4 is 15.0 Å². The van der Waals surface area contributed by atoms with Gasteiger partial charge in [-0.2, -0.15) is 0 Å². The van der Waals surface area contributed by atoms with Crippen LogP contribution in [0.1, 0.15) is 92.4 Å². The predicted octanol–water partition coefficient (Wildman–Crippen LogP) is 5.24. The standard InChI is InChI=1S/C19H40O5Si/c1-6-10-11-12-13-14-15-16-17-18(5)19(20)24-25(21-7-2,22-8-3)23-9-4/h18H,6-17H2,1-5H3. The third kappa shape index (κ3) is 11.7. The third-order valence-corrected chi connectivity index (χ3v) is 6.46. The maximum absolute atomic E-state index is 12.4. The largest absolute Gasteiger partial charge is 0.751 e. The van der Waals surface area contributed by atoms with Gasteiger partial charge in [-0.25, -0.2) is 0 Å². The van der Waals surface area contributed by atoms with Gasteiger partial charge in [0.25, 0.3) is 5.97 Å². The molecule has 0 fully saturated rings. The third-order valence-electron chi connectivity index (χ3n) is 4.08. The average Bonchev–Trinajstić information content (AvgIpc) is 2.57. The van der Waals surface area contributed by atoms with E-state index in [0.29, 0.717) is 19.8 Å². The molecule has 0 rings (SSSR count). The summed E-state index contributed by atoms with van der Waals surface area (Å²) in [6.07, 6.45) is 10.9. The predicted molar refractivity (Wildman–Crippen MR) is 103 cm³/mol. The molecule has 6 heteroatoms. The van der Waals surface area contributed by atoms with E-state index in [1.807, 2.05) is 27.7 Å². The highest BCUT2D eigenvalue weighted by atomic mass is 28.4. The maximum atomic E-state index is 12.4. The SMILES string of the molecule is CCCCCCCCCCC(C)C(=O)O[Si](OCC)(OCC)OCC. The molecule has 0 radical (unpaired) electrons. The Morgan fingerprint density at radius 2 is 1.20 bits per heavy atom. The van der Waals surface area contributed by atoms with Gasteiger partial charge in [0.05, 0.1) is 5.92 Å². The Hall–Kier alpha value is -0.433. The molecule has 0 spiro atoms. The number of rotatable bonds is 17. The Bertz CT molecular complexity index is 308.